The Kier molecular flexibility index (Phi) is 3.22. The second kappa shape index (κ2) is 4.50. The van der Waals surface area contributed by atoms with Gasteiger partial charge in [-0.1, -0.05) is 29.3 Å². The summed E-state index contributed by atoms with van der Waals surface area (Å²) >= 11 is 11.6. The van der Waals surface area contributed by atoms with Crippen molar-refractivity contribution in [1.29, 1.82) is 0 Å². The van der Waals surface area contributed by atoms with Gasteiger partial charge in [-0.2, -0.15) is 9.97 Å². The maximum absolute atomic E-state index is 11.7. The minimum atomic E-state index is -0.0770. The summed E-state index contributed by atoms with van der Waals surface area (Å²) in [6.07, 6.45) is 2.13. The molecule has 1 saturated heterocycles. The lowest BCUT2D eigenvalue weighted by atomic mass is 10.1. The van der Waals surface area contributed by atoms with Crippen LogP contribution in [0.3, 0.4) is 0 Å². The third-order valence-electron chi connectivity index (χ3n) is 2.57. The van der Waals surface area contributed by atoms with E-state index >= 15 is 0 Å². The lowest BCUT2D eigenvalue weighted by Gasteiger charge is -2.14. The van der Waals surface area contributed by atoms with Gasteiger partial charge in [0, 0.05) is 18.9 Å². The number of carbonyl (C=O) groups is 1. The molecule has 1 aromatic rings. The predicted molar refractivity (Wildman–Crippen MR) is 67.1 cm³/mol. The number of aromatic nitrogens is 2. The quantitative estimate of drug-likeness (QED) is 0.659. The Bertz CT molecular complexity index is 468. The molecular weight excluding hydrogens is 263 g/mol. The van der Waals surface area contributed by atoms with E-state index in [1.165, 1.54) is 4.90 Å². The van der Waals surface area contributed by atoms with Crippen molar-refractivity contribution in [3.63, 3.8) is 0 Å². The number of anilines is 2. The van der Waals surface area contributed by atoms with E-state index in [-0.39, 0.29) is 33.8 Å². The van der Waals surface area contributed by atoms with Gasteiger partial charge in [-0.3, -0.25) is 9.69 Å². The largest absolute Gasteiger partial charge is 0.394 e. The van der Waals surface area contributed by atoms with Crippen LogP contribution in [-0.2, 0) is 4.79 Å². The van der Waals surface area contributed by atoms with E-state index in [2.05, 4.69) is 16.5 Å². The third kappa shape index (κ3) is 2.21. The smallest absolute Gasteiger partial charge is 0.235 e. The number of rotatable bonds is 2. The standard InChI is InChI=1S/C10H10Cl2N4O/c1-2-5-3-6(17)16(4-5)10-14-8(11)7(13)9(12)15-10/h2,5H,1,3-4,13H2. The van der Waals surface area contributed by atoms with Crippen molar-refractivity contribution in [2.45, 2.75) is 6.42 Å². The molecule has 0 bridgehead atoms. The molecule has 1 fully saturated rings. The number of halogens is 2. The van der Waals surface area contributed by atoms with E-state index < -0.39 is 0 Å². The molecule has 0 radical (unpaired) electrons. The Labute approximate surface area is 108 Å². The zero-order valence-electron chi connectivity index (χ0n) is 8.86. The Hall–Kier alpha value is -1.33. The molecule has 2 N–H and O–H groups in total. The van der Waals surface area contributed by atoms with Crippen molar-refractivity contribution in [1.82, 2.24) is 9.97 Å². The summed E-state index contributed by atoms with van der Waals surface area (Å²) < 4.78 is 0. The third-order valence-corrected chi connectivity index (χ3v) is 3.15. The summed E-state index contributed by atoms with van der Waals surface area (Å²) in [6.45, 7) is 4.15. The van der Waals surface area contributed by atoms with Crippen molar-refractivity contribution in [2.75, 3.05) is 17.2 Å². The highest BCUT2D eigenvalue weighted by Crippen LogP contribution is 2.29. The Balaban J connectivity index is 2.35. The van der Waals surface area contributed by atoms with Crippen LogP contribution in [0.4, 0.5) is 11.6 Å². The molecule has 0 saturated carbocycles. The van der Waals surface area contributed by atoms with Gasteiger partial charge in [0.1, 0.15) is 5.69 Å². The van der Waals surface area contributed by atoms with Crippen LogP contribution in [0.15, 0.2) is 12.7 Å². The Morgan fingerprint density at radius 2 is 2.00 bits per heavy atom. The molecule has 1 atom stereocenters. The second-order valence-electron chi connectivity index (χ2n) is 3.72. The monoisotopic (exact) mass is 272 g/mol. The molecule has 1 unspecified atom stereocenters. The van der Waals surface area contributed by atoms with E-state index in [0.717, 1.165) is 0 Å². The van der Waals surface area contributed by atoms with E-state index in [9.17, 15) is 4.79 Å². The van der Waals surface area contributed by atoms with Crippen molar-refractivity contribution in [3.05, 3.63) is 23.0 Å². The zero-order valence-corrected chi connectivity index (χ0v) is 10.4. The first-order valence-corrected chi connectivity index (χ1v) is 5.70. The highest BCUT2D eigenvalue weighted by molar-refractivity contribution is 6.37. The fourth-order valence-electron chi connectivity index (χ4n) is 1.61. The van der Waals surface area contributed by atoms with Gasteiger partial charge in [0.05, 0.1) is 0 Å². The lowest BCUT2D eigenvalue weighted by molar-refractivity contribution is -0.117. The van der Waals surface area contributed by atoms with E-state index in [0.29, 0.717) is 13.0 Å². The average Bonchev–Trinajstić information content (AvgIpc) is 2.67. The van der Waals surface area contributed by atoms with Gasteiger partial charge in [-0.25, -0.2) is 0 Å². The van der Waals surface area contributed by atoms with Crippen LogP contribution < -0.4 is 10.6 Å². The fraction of sp³-hybridized carbons (Fsp3) is 0.300. The molecule has 17 heavy (non-hydrogen) atoms. The molecule has 0 spiro atoms. The van der Waals surface area contributed by atoms with E-state index in [1.54, 1.807) is 6.08 Å². The fourth-order valence-corrected chi connectivity index (χ4v) is 1.99. The summed E-state index contributed by atoms with van der Waals surface area (Å²) in [5.74, 6) is 0.205. The minimum absolute atomic E-state index is 0.0508. The van der Waals surface area contributed by atoms with Crippen molar-refractivity contribution < 1.29 is 4.79 Å². The number of hydrogen-bond acceptors (Lipinski definition) is 4. The van der Waals surface area contributed by atoms with Gasteiger partial charge >= 0.3 is 0 Å². The molecule has 1 amide bonds. The summed E-state index contributed by atoms with van der Waals surface area (Å²) in [7, 11) is 0. The first-order chi connectivity index (χ1) is 8.02. The van der Waals surface area contributed by atoms with Gasteiger partial charge < -0.3 is 5.73 Å². The average molecular weight is 273 g/mol. The molecule has 5 nitrogen and oxygen atoms in total. The number of hydrogen-bond donors (Lipinski definition) is 1. The first-order valence-electron chi connectivity index (χ1n) is 4.94. The maximum Gasteiger partial charge on any atom is 0.235 e. The van der Waals surface area contributed by atoms with E-state index in [4.69, 9.17) is 28.9 Å². The first kappa shape index (κ1) is 12.1. The van der Waals surface area contributed by atoms with Crippen LogP contribution in [0.25, 0.3) is 0 Å². The predicted octanol–water partition coefficient (Wildman–Crippen LogP) is 1.90. The molecule has 0 aliphatic carbocycles. The topological polar surface area (TPSA) is 72.1 Å². The highest BCUT2D eigenvalue weighted by Gasteiger charge is 2.31. The normalized spacial score (nSPS) is 19.8. The molecule has 0 aromatic carbocycles. The summed E-state index contributed by atoms with van der Waals surface area (Å²) in [5, 5.41) is 0.102. The number of carbonyl (C=O) groups excluding carboxylic acids is 1. The van der Waals surface area contributed by atoms with Crippen LogP contribution in [0.1, 0.15) is 6.42 Å². The lowest BCUT2D eigenvalue weighted by Crippen LogP contribution is -2.26. The molecule has 2 heterocycles. The Morgan fingerprint density at radius 1 is 1.41 bits per heavy atom. The van der Waals surface area contributed by atoms with Gasteiger partial charge in [0.2, 0.25) is 11.9 Å². The van der Waals surface area contributed by atoms with Gasteiger partial charge in [0.25, 0.3) is 0 Å². The summed E-state index contributed by atoms with van der Waals surface area (Å²) in [6, 6.07) is 0. The van der Waals surface area contributed by atoms with Gasteiger partial charge in [0.15, 0.2) is 10.3 Å². The van der Waals surface area contributed by atoms with E-state index in [1.807, 2.05) is 0 Å². The number of nitrogens with zero attached hydrogens (tertiary/aromatic N) is 3. The summed E-state index contributed by atoms with van der Waals surface area (Å²) in [5.41, 5.74) is 5.64. The number of nitrogen functional groups attached to an aromatic ring is 1. The van der Waals surface area contributed by atoms with Crippen LogP contribution in [-0.4, -0.2) is 22.4 Å². The minimum Gasteiger partial charge on any atom is -0.394 e. The molecule has 1 aliphatic rings. The zero-order chi connectivity index (χ0) is 12.6. The maximum atomic E-state index is 11.7. The van der Waals surface area contributed by atoms with Crippen molar-refractivity contribution in [3.8, 4) is 0 Å². The molecule has 7 heteroatoms. The second-order valence-corrected chi connectivity index (χ2v) is 4.44. The van der Waals surface area contributed by atoms with Crippen LogP contribution in [0, 0.1) is 5.92 Å². The molecule has 1 aromatic heterocycles. The van der Waals surface area contributed by atoms with Crippen molar-refractivity contribution >= 4 is 40.7 Å². The molecule has 1 aliphatic heterocycles. The molecular formula is C10H10Cl2N4O. The highest BCUT2D eigenvalue weighted by atomic mass is 35.5. The number of nitrogens with two attached hydrogens (primary N) is 1. The molecule has 2 rings (SSSR count). The van der Waals surface area contributed by atoms with Crippen LogP contribution in [0.5, 0.6) is 0 Å². The SMILES string of the molecule is C=CC1CC(=O)N(c2nc(Cl)c(N)c(Cl)n2)C1. The number of amides is 1. The molecule has 90 valence electrons. The van der Waals surface area contributed by atoms with Crippen LogP contribution >= 0.6 is 23.2 Å². The van der Waals surface area contributed by atoms with Crippen molar-refractivity contribution in [2.24, 2.45) is 5.92 Å². The van der Waals surface area contributed by atoms with Gasteiger partial charge in [-0.15, -0.1) is 6.58 Å². The Morgan fingerprint density at radius 3 is 2.47 bits per heavy atom. The van der Waals surface area contributed by atoms with Crippen LogP contribution in [0.2, 0.25) is 10.3 Å². The summed E-state index contributed by atoms with van der Waals surface area (Å²) in [4.78, 5) is 21.1. The van der Waals surface area contributed by atoms with Gasteiger partial charge in [-0.05, 0) is 0 Å².